The molecule has 7 nitrogen and oxygen atoms in total. The molecule has 2 amide bonds. The Morgan fingerprint density at radius 3 is 2.52 bits per heavy atom. The summed E-state index contributed by atoms with van der Waals surface area (Å²) in [6.07, 6.45) is 4.70. The Hall–Kier alpha value is -4.57. The lowest BCUT2D eigenvalue weighted by atomic mass is 9.94. The Labute approximate surface area is 190 Å². The quantitative estimate of drug-likeness (QED) is 0.334. The van der Waals surface area contributed by atoms with E-state index in [1.54, 1.807) is 67.8 Å². The Bertz CT molecular complexity index is 1360. The molecule has 4 rings (SSSR count). The number of pyridine rings is 1. The maximum Gasteiger partial charge on any atom is 0.271 e. The van der Waals surface area contributed by atoms with E-state index in [2.05, 4.69) is 4.98 Å². The van der Waals surface area contributed by atoms with Gasteiger partial charge in [0.1, 0.15) is 23.2 Å². The summed E-state index contributed by atoms with van der Waals surface area (Å²) < 4.78 is 5.89. The molecule has 0 fully saturated rings. The Balaban J connectivity index is 1.68. The van der Waals surface area contributed by atoms with Gasteiger partial charge in [0.25, 0.3) is 11.8 Å². The maximum absolute atomic E-state index is 13.2. The zero-order valence-electron chi connectivity index (χ0n) is 18.0. The number of nitriles is 1. The first kappa shape index (κ1) is 21.7. The first-order valence-electron chi connectivity index (χ1n) is 10.2. The molecule has 7 heteroatoms. The summed E-state index contributed by atoms with van der Waals surface area (Å²) >= 11 is 0. The number of nitrogens with zero attached hydrogens (tertiary/aromatic N) is 3. The van der Waals surface area contributed by atoms with Crippen molar-refractivity contribution in [2.75, 3.05) is 0 Å². The number of aromatic nitrogens is 1. The highest BCUT2D eigenvalue weighted by molar-refractivity contribution is 6.19. The van der Waals surface area contributed by atoms with Gasteiger partial charge < -0.3 is 4.42 Å². The molecule has 0 saturated heterocycles. The zero-order chi connectivity index (χ0) is 23.5. The number of furan rings is 1. The molecule has 0 radical (unpaired) electrons. The number of rotatable bonds is 5. The van der Waals surface area contributed by atoms with E-state index in [1.807, 2.05) is 6.07 Å². The van der Waals surface area contributed by atoms with Crippen LogP contribution in [-0.4, -0.2) is 27.5 Å². The second-order valence-electron chi connectivity index (χ2n) is 7.56. The van der Waals surface area contributed by atoms with Gasteiger partial charge in [0.05, 0.1) is 6.54 Å². The number of amides is 2. The molecule has 0 spiro atoms. The lowest BCUT2D eigenvalue weighted by Crippen LogP contribution is -2.42. The molecule has 1 aromatic carbocycles. The second-order valence-corrected chi connectivity index (χ2v) is 7.56. The van der Waals surface area contributed by atoms with Gasteiger partial charge >= 0.3 is 0 Å². The zero-order valence-corrected chi connectivity index (χ0v) is 18.0. The number of benzene rings is 1. The molecule has 162 valence electrons. The van der Waals surface area contributed by atoms with Crippen LogP contribution in [0.3, 0.4) is 0 Å². The van der Waals surface area contributed by atoms with Crippen LogP contribution in [0.4, 0.5) is 0 Å². The number of carbonyl (C=O) groups excluding carboxylic acids is 3. The molecule has 33 heavy (non-hydrogen) atoms. The van der Waals surface area contributed by atoms with Crippen molar-refractivity contribution in [3.8, 4) is 17.4 Å². The lowest BCUT2D eigenvalue weighted by Gasteiger charge is -2.27. The fourth-order valence-electron chi connectivity index (χ4n) is 3.54. The maximum atomic E-state index is 13.2. The summed E-state index contributed by atoms with van der Waals surface area (Å²) in [5.74, 6) is -0.207. The van der Waals surface area contributed by atoms with Crippen LogP contribution in [-0.2, 0) is 16.1 Å². The van der Waals surface area contributed by atoms with Crippen LogP contribution in [0, 0.1) is 11.3 Å². The first-order valence-corrected chi connectivity index (χ1v) is 10.2. The summed E-state index contributed by atoms with van der Waals surface area (Å²) in [6.45, 7) is 3.08. The predicted octanol–water partition coefficient (Wildman–Crippen LogP) is 4.34. The molecule has 0 aliphatic carbocycles. The van der Waals surface area contributed by atoms with Gasteiger partial charge in [-0.3, -0.25) is 24.3 Å². The molecule has 3 heterocycles. The third-order valence-corrected chi connectivity index (χ3v) is 5.38. The van der Waals surface area contributed by atoms with Gasteiger partial charge in [-0.1, -0.05) is 30.3 Å². The van der Waals surface area contributed by atoms with E-state index in [0.29, 0.717) is 28.2 Å². The molecule has 3 aromatic rings. The Morgan fingerprint density at radius 1 is 1.12 bits per heavy atom. The minimum atomic E-state index is -0.633. The predicted molar refractivity (Wildman–Crippen MR) is 120 cm³/mol. The number of hydrogen-bond donors (Lipinski definition) is 0. The number of Topliss-reactive ketones (excluding diaryl/α,β-unsaturated/α-hetero) is 1. The highest BCUT2D eigenvalue weighted by Gasteiger charge is 2.35. The molecular formula is C26H19N3O4. The van der Waals surface area contributed by atoms with Gasteiger partial charge in [-0.2, -0.15) is 5.26 Å². The highest BCUT2D eigenvalue weighted by Crippen LogP contribution is 2.30. The van der Waals surface area contributed by atoms with Crippen LogP contribution in [0.25, 0.3) is 17.4 Å². The van der Waals surface area contributed by atoms with E-state index in [-0.39, 0.29) is 23.5 Å². The van der Waals surface area contributed by atoms with Gasteiger partial charge in [0, 0.05) is 29.1 Å². The first-order chi connectivity index (χ1) is 15.9. The van der Waals surface area contributed by atoms with Crippen LogP contribution in [0.1, 0.15) is 35.5 Å². The van der Waals surface area contributed by atoms with E-state index in [4.69, 9.17) is 4.42 Å². The summed E-state index contributed by atoms with van der Waals surface area (Å²) in [5, 5.41) is 9.55. The minimum absolute atomic E-state index is 0.00715. The van der Waals surface area contributed by atoms with Gasteiger partial charge in [-0.15, -0.1) is 0 Å². The molecule has 1 aliphatic rings. The van der Waals surface area contributed by atoms with Gasteiger partial charge in [-0.25, -0.2) is 0 Å². The van der Waals surface area contributed by atoms with E-state index < -0.39 is 11.8 Å². The summed E-state index contributed by atoms with van der Waals surface area (Å²) in [6, 6.07) is 15.9. The standard InChI is InChI=1S/C26H19N3O4/c1-16-22(12-21-9-10-24(33-21)20-7-5-19(6-8-20)17(2)30)25(31)29(26(32)23(16)13-27)15-18-4-3-11-28-14-18/h3-12,14H,15H2,1-2H3/b22-12-. The SMILES string of the molecule is CC(=O)c1ccc(-c2ccc(/C=C3\C(=O)N(Cc4cccnc4)C(=O)C(C#N)=C3C)o2)cc1. The second kappa shape index (κ2) is 8.89. The van der Waals surface area contributed by atoms with Gasteiger partial charge in [0.2, 0.25) is 0 Å². The van der Waals surface area contributed by atoms with Crippen molar-refractivity contribution in [2.45, 2.75) is 20.4 Å². The number of imide groups is 1. The summed E-state index contributed by atoms with van der Waals surface area (Å²) in [5.41, 5.74) is 2.48. The highest BCUT2D eigenvalue weighted by atomic mass is 16.3. The molecule has 0 saturated carbocycles. The average Bonchev–Trinajstić information content (AvgIpc) is 3.29. The molecule has 0 unspecified atom stereocenters. The average molecular weight is 437 g/mol. The fourth-order valence-corrected chi connectivity index (χ4v) is 3.54. The Morgan fingerprint density at radius 2 is 1.88 bits per heavy atom. The molecule has 0 bridgehead atoms. The van der Waals surface area contributed by atoms with Crippen molar-refractivity contribution < 1.29 is 18.8 Å². The number of hydrogen-bond acceptors (Lipinski definition) is 6. The fraction of sp³-hybridized carbons (Fsp3) is 0.115. The summed E-state index contributed by atoms with van der Waals surface area (Å²) in [4.78, 5) is 42.5. The molecule has 2 aromatic heterocycles. The van der Waals surface area contributed by atoms with E-state index in [1.165, 1.54) is 13.0 Å². The van der Waals surface area contributed by atoms with Crippen molar-refractivity contribution in [3.63, 3.8) is 0 Å². The van der Waals surface area contributed by atoms with Crippen LogP contribution in [0.2, 0.25) is 0 Å². The van der Waals surface area contributed by atoms with Gasteiger partial charge in [0.15, 0.2) is 5.78 Å². The molecule has 0 N–H and O–H groups in total. The monoisotopic (exact) mass is 437 g/mol. The van der Waals surface area contributed by atoms with Gasteiger partial charge in [-0.05, 0) is 49.3 Å². The van der Waals surface area contributed by atoms with Crippen molar-refractivity contribution >= 4 is 23.7 Å². The van der Waals surface area contributed by atoms with E-state index in [0.717, 1.165) is 10.5 Å². The Kier molecular flexibility index (Phi) is 5.83. The topological polar surface area (TPSA) is 104 Å². The number of carbonyl (C=O) groups is 3. The lowest BCUT2D eigenvalue weighted by molar-refractivity contribution is -0.141. The summed E-state index contributed by atoms with van der Waals surface area (Å²) in [7, 11) is 0. The van der Waals surface area contributed by atoms with Crippen LogP contribution < -0.4 is 0 Å². The molecule has 1 aliphatic heterocycles. The van der Waals surface area contributed by atoms with Crippen LogP contribution >= 0.6 is 0 Å². The van der Waals surface area contributed by atoms with E-state index in [9.17, 15) is 19.6 Å². The van der Waals surface area contributed by atoms with Crippen molar-refractivity contribution in [1.82, 2.24) is 9.88 Å². The third-order valence-electron chi connectivity index (χ3n) is 5.38. The van der Waals surface area contributed by atoms with Crippen LogP contribution in [0.15, 0.2) is 82.1 Å². The van der Waals surface area contributed by atoms with Crippen molar-refractivity contribution in [1.29, 1.82) is 5.26 Å². The van der Waals surface area contributed by atoms with E-state index >= 15 is 0 Å². The molecular weight excluding hydrogens is 418 g/mol. The normalized spacial score (nSPS) is 15.2. The van der Waals surface area contributed by atoms with Crippen molar-refractivity contribution in [3.05, 3.63) is 94.5 Å². The third kappa shape index (κ3) is 4.27. The smallest absolute Gasteiger partial charge is 0.271 e. The number of ketones is 1. The minimum Gasteiger partial charge on any atom is -0.457 e. The largest absolute Gasteiger partial charge is 0.457 e. The van der Waals surface area contributed by atoms with Crippen molar-refractivity contribution in [2.24, 2.45) is 0 Å². The van der Waals surface area contributed by atoms with Crippen LogP contribution in [0.5, 0.6) is 0 Å². The molecule has 0 atom stereocenters.